The van der Waals surface area contributed by atoms with E-state index in [4.69, 9.17) is 16.0 Å². The summed E-state index contributed by atoms with van der Waals surface area (Å²) in [5.41, 5.74) is 6.41. The molecule has 242 valence electrons. The summed E-state index contributed by atoms with van der Waals surface area (Å²) in [4.78, 5) is 38.8. The maximum atomic E-state index is 13.1. The molecule has 6 rings (SSSR count). The highest BCUT2D eigenvalue weighted by Gasteiger charge is 2.25. The number of anilines is 1. The zero-order chi connectivity index (χ0) is 32.9. The Labute approximate surface area is 280 Å². The molecule has 0 unspecified atom stereocenters. The van der Waals surface area contributed by atoms with E-state index in [1.165, 1.54) is 29.7 Å². The highest BCUT2D eigenvalue weighted by molar-refractivity contribution is 6.30. The van der Waals surface area contributed by atoms with E-state index in [2.05, 4.69) is 47.6 Å². The minimum atomic E-state index is -0.211. The minimum Gasteiger partial charge on any atom is -0.454 e. The molecule has 1 aromatic heterocycles. The first-order valence-corrected chi connectivity index (χ1v) is 16.7. The van der Waals surface area contributed by atoms with E-state index in [1.54, 1.807) is 18.2 Å². The fraction of sp³-hybridized carbons (Fsp3) is 0.308. The van der Waals surface area contributed by atoms with Crippen LogP contribution in [0, 0.1) is 0 Å². The Morgan fingerprint density at radius 2 is 1.81 bits per heavy atom. The van der Waals surface area contributed by atoms with Crippen LogP contribution in [0.25, 0.3) is 16.7 Å². The Balaban J connectivity index is 1.19. The fourth-order valence-corrected chi connectivity index (χ4v) is 6.94. The molecule has 8 heteroatoms. The van der Waals surface area contributed by atoms with Crippen LogP contribution in [-0.4, -0.2) is 29.3 Å². The Kier molecular flexibility index (Phi) is 9.92. The van der Waals surface area contributed by atoms with Gasteiger partial charge in [-0.3, -0.25) is 14.4 Å². The molecular weight excluding hydrogens is 610 g/mol. The third kappa shape index (κ3) is 8.03. The highest BCUT2D eigenvalue weighted by Crippen LogP contribution is 2.38. The van der Waals surface area contributed by atoms with Crippen molar-refractivity contribution in [3.8, 4) is 0 Å². The second kappa shape index (κ2) is 14.4. The van der Waals surface area contributed by atoms with Crippen LogP contribution < -0.4 is 16.1 Å². The number of hydrogen-bond donors (Lipinski definition) is 2. The molecule has 2 amide bonds. The van der Waals surface area contributed by atoms with Crippen molar-refractivity contribution in [2.24, 2.45) is 0 Å². The van der Waals surface area contributed by atoms with Crippen molar-refractivity contribution in [1.82, 2.24) is 10.2 Å². The van der Waals surface area contributed by atoms with E-state index in [9.17, 15) is 14.4 Å². The van der Waals surface area contributed by atoms with Gasteiger partial charge in [0, 0.05) is 49.3 Å². The molecule has 7 nitrogen and oxygen atoms in total. The van der Waals surface area contributed by atoms with E-state index in [-0.39, 0.29) is 23.3 Å². The van der Waals surface area contributed by atoms with E-state index < -0.39 is 0 Å². The summed E-state index contributed by atoms with van der Waals surface area (Å²) in [6, 6.07) is 22.8. The largest absolute Gasteiger partial charge is 0.454 e. The Morgan fingerprint density at radius 1 is 1.04 bits per heavy atom. The number of benzene rings is 3. The van der Waals surface area contributed by atoms with Gasteiger partial charge in [-0.1, -0.05) is 66.2 Å². The van der Waals surface area contributed by atoms with Crippen molar-refractivity contribution in [1.29, 1.82) is 0 Å². The molecule has 4 aromatic rings. The van der Waals surface area contributed by atoms with Gasteiger partial charge in [0.1, 0.15) is 5.58 Å². The van der Waals surface area contributed by atoms with Gasteiger partial charge in [-0.05, 0) is 91.5 Å². The molecule has 2 fully saturated rings. The normalized spacial score (nSPS) is 17.1. The van der Waals surface area contributed by atoms with Crippen molar-refractivity contribution < 1.29 is 14.0 Å². The predicted molar refractivity (Wildman–Crippen MR) is 188 cm³/mol. The monoisotopic (exact) mass is 649 g/mol. The Morgan fingerprint density at radius 3 is 2.53 bits per heavy atom. The number of likely N-dealkylation sites (tertiary alicyclic amines) is 1. The smallest absolute Gasteiger partial charge is 0.222 e. The van der Waals surface area contributed by atoms with Crippen LogP contribution in [0.1, 0.15) is 73.8 Å². The molecule has 2 heterocycles. The van der Waals surface area contributed by atoms with E-state index >= 15 is 0 Å². The van der Waals surface area contributed by atoms with Gasteiger partial charge in [0.2, 0.25) is 11.8 Å². The van der Waals surface area contributed by atoms with Crippen LogP contribution in [0.15, 0.2) is 100 Å². The molecule has 2 aliphatic rings. The molecule has 1 atom stereocenters. The lowest BCUT2D eigenvalue weighted by Gasteiger charge is -2.28. The number of rotatable bonds is 10. The van der Waals surface area contributed by atoms with Crippen molar-refractivity contribution in [3.05, 3.63) is 129 Å². The number of carbonyl (C=O) groups is 2. The van der Waals surface area contributed by atoms with Crippen LogP contribution >= 0.6 is 11.6 Å². The number of hydrogen-bond acceptors (Lipinski definition) is 5. The Hall–Kier alpha value is -4.62. The summed E-state index contributed by atoms with van der Waals surface area (Å²) in [5.74, 6) is 0.869. The first-order valence-electron chi connectivity index (χ1n) is 16.3. The van der Waals surface area contributed by atoms with Crippen LogP contribution in [0.4, 0.5) is 5.69 Å². The minimum absolute atomic E-state index is 0.0909. The summed E-state index contributed by atoms with van der Waals surface area (Å²) < 4.78 is 6.11. The maximum absolute atomic E-state index is 13.1. The highest BCUT2D eigenvalue weighted by atomic mass is 35.5. The van der Waals surface area contributed by atoms with Gasteiger partial charge in [0.25, 0.3) is 0 Å². The van der Waals surface area contributed by atoms with Crippen LogP contribution in [0.5, 0.6) is 0 Å². The number of allylic oxidation sites excluding steroid dienone is 1. The lowest BCUT2D eigenvalue weighted by atomic mass is 9.79. The van der Waals surface area contributed by atoms with Gasteiger partial charge in [-0.2, -0.15) is 0 Å². The van der Waals surface area contributed by atoms with Crippen molar-refractivity contribution in [3.63, 3.8) is 0 Å². The lowest BCUT2D eigenvalue weighted by Crippen LogP contribution is -2.29. The molecule has 1 aliphatic carbocycles. The lowest BCUT2D eigenvalue weighted by molar-refractivity contribution is -0.128. The fourth-order valence-electron chi connectivity index (χ4n) is 6.81. The molecule has 3 aromatic carbocycles. The SMILES string of the molecule is C=C(N[C@@H](C=C1CCC(c2ccccc2CN2CCCC2=O)CC1)Cc1ccc(Cl)cc1)c1cc(=O)c2cc(NC(C)=O)ccc2o1. The summed E-state index contributed by atoms with van der Waals surface area (Å²) in [7, 11) is 0. The number of carbonyl (C=O) groups excluding carboxylic acids is 2. The molecule has 47 heavy (non-hydrogen) atoms. The molecule has 1 saturated heterocycles. The summed E-state index contributed by atoms with van der Waals surface area (Å²) >= 11 is 6.17. The summed E-state index contributed by atoms with van der Waals surface area (Å²) in [5, 5.41) is 7.32. The quantitative estimate of drug-likeness (QED) is 0.170. The zero-order valence-corrected chi connectivity index (χ0v) is 27.4. The van der Waals surface area contributed by atoms with Crippen molar-refractivity contribution in [2.75, 3.05) is 11.9 Å². The van der Waals surface area contributed by atoms with Gasteiger partial charge in [0.05, 0.1) is 11.1 Å². The third-order valence-corrected chi connectivity index (χ3v) is 9.42. The van der Waals surface area contributed by atoms with Crippen molar-refractivity contribution in [2.45, 2.75) is 70.4 Å². The van der Waals surface area contributed by atoms with E-state index in [0.29, 0.717) is 58.4 Å². The number of fused-ring (bicyclic) bond motifs is 1. The van der Waals surface area contributed by atoms with Gasteiger partial charge in [-0.15, -0.1) is 0 Å². The van der Waals surface area contributed by atoms with Crippen LogP contribution in [0.2, 0.25) is 5.02 Å². The van der Waals surface area contributed by atoms with E-state index in [0.717, 1.165) is 44.2 Å². The van der Waals surface area contributed by atoms with Gasteiger partial charge < -0.3 is 20.0 Å². The van der Waals surface area contributed by atoms with Gasteiger partial charge >= 0.3 is 0 Å². The molecule has 0 bridgehead atoms. The number of nitrogens with zero attached hydrogens (tertiary/aromatic N) is 1. The number of nitrogens with one attached hydrogen (secondary N) is 2. The summed E-state index contributed by atoms with van der Waals surface area (Å²) in [6.07, 6.45) is 8.67. The maximum Gasteiger partial charge on any atom is 0.222 e. The van der Waals surface area contributed by atoms with Crippen LogP contribution in [-0.2, 0) is 22.6 Å². The number of halogens is 1. The standard InChI is InChI=1S/C39H40ClN3O4/c1-25(38-23-36(45)35-22-32(42-26(2)44)17-18-37(35)47-38)41-33(21-28-11-15-31(40)16-12-28)20-27-9-13-29(14-10-27)34-7-4-3-6-30(34)24-43-19-5-8-39(43)46/h3-4,6-7,11-12,15-18,20,22-23,29,33,41H,1,5,8-10,13-14,19,21,24H2,2H3,(H,42,44)/t29?,33-/m0/s1. The third-order valence-electron chi connectivity index (χ3n) is 9.17. The second-order valence-corrected chi connectivity index (χ2v) is 13.1. The van der Waals surface area contributed by atoms with Crippen LogP contribution in [0.3, 0.4) is 0 Å². The molecule has 1 saturated carbocycles. The van der Waals surface area contributed by atoms with Gasteiger partial charge in [-0.25, -0.2) is 0 Å². The van der Waals surface area contributed by atoms with E-state index in [1.807, 2.05) is 29.2 Å². The second-order valence-electron chi connectivity index (χ2n) is 12.6. The zero-order valence-electron chi connectivity index (χ0n) is 26.7. The first kappa shape index (κ1) is 32.3. The number of amides is 2. The Bertz CT molecular complexity index is 1880. The average molecular weight is 650 g/mol. The van der Waals surface area contributed by atoms with Crippen molar-refractivity contribution >= 4 is 45.8 Å². The van der Waals surface area contributed by atoms with Gasteiger partial charge in [0.15, 0.2) is 11.2 Å². The summed E-state index contributed by atoms with van der Waals surface area (Å²) in [6.45, 7) is 7.22. The molecule has 0 radical (unpaired) electrons. The topological polar surface area (TPSA) is 91.7 Å². The first-order chi connectivity index (χ1) is 22.7. The molecule has 0 spiro atoms. The average Bonchev–Trinajstić information content (AvgIpc) is 3.46. The predicted octanol–water partition coefficient (Wildman–Crippen LogP) is 7.98. The molecular formula is C39H40ClN3O4. The molecule has 2 N–H and O–H groups in total. The molecule has 1 aliphatic heterocycles.